The first-order chi connectivity index (χ1) is 11.7. The maximum absolute atomic E-state index is 14.0. The van der Waals surface area contributed by atoms with Crippen molar-refractivity contribution >= 4 is 17.4 Å². The van der Waals surface area contributed by atoms with Crippen LogP contribution in [0.15, 0.2) is 35.8 Å². The Bertz CT molecular complexity index is 673. The second-order valence-electron chi connectivity index (χ2n) is 6.08. The van der Waals surface area contributed by atoms with Crippen LogP contribution in [0.2, 0.25) is 0 Å². The van der Waals surface area contributed by atoms with Crippen LogP contribution in [0.3, 0.4) is 0 Å². The van der Waals surface area contributed by atoms with E-state index in [1.54, 1.807) is 29.3 Å². The number of thiazole rings is 1. The lowest BCUT2D eigenvalue weighted by Gasteiger charge is -2.38. The fourth-order valence-electron chi connectivity index (χ4n) is 2.85. The molecule has 1 aromatic carbocycles. The Hall–Kier alpha value is -1.95. The van der Waals surface area contributed by atoms with E-state index in [1.165, 1.54) is 17.4 Å². The van der Waals surface area contributed by atoms with Crippen molar-refractivity contribution < 1.29 is 9.18 Å². The number of hydrogen-bond acceptors (Lipinski definition) is 3. The van der Waals surface area contributed by atoms with Gasteiger partial charge in [-0.05, 0) is 31.7 Å². The Kier molecular flexibility index (Phi) is 5.45. The first kappa shape index (κ1) is 16.9. The van der Waals surface area contributed by atoms with E-state index in [9.17, 15) is 9.18 Å². The predicted molar refractivity (Wildman–Crippen MR) is 93.3 cm³/mol. The van der Waals surface area contributed by atoms with Crippen molar-refractivity contribution in [3.8, 4) is 0 Å². The van der Waals surface area contributed by atoms with E-state index in [2.05, 4.69) is 10.3 Å². The van der Waals surface area contributed by atoms with E-state index in [0.717, 1.165) is 30.7 Å². The molecule has 1 atom stereocenters. The number of halogens is 1. The maximum Gasteiger partial charge on any atom is 0.318 e. The van der Waals surface area contributed by atoms with Crippen molar-refractivity contribution in [3.05, 3.63) is 52.2 Å². The molecule has 128 valence electrons. The summed E-state index contributed by atoms with van der Waals surface area (Å²) in [6, 6.07) is 6.62. The van der Waals surface area contributed by atoms with Crippen LogP contribution in [0.1, 0.15) is 49.2 Å². The first-order valence-corrected chi connectivity index (χ1v) is 9.27. The summed E-state index contributed by atoms with van der Waals surface area (Å²) in [6.45, 7) is 2.33. The zero-order valence-electron chi connectivity index (χ0n) is 13.7. The number of rotatable bonds is 6. The fraction of sp³-hybridized carbons (Fsp3) is 0.444. The summed E-state index contributed by atoms with van der Waals surface area (Å²) < 4.78 is 14.0. The first-order valence-electron chi connectivity index (χ1n) is 8.39. The molecule has 0 unspecified atom stereocenters. The highest BCUT2D eigenvalue weighted by atomic mass is 32.1. The van der Waals surface area contributed by atoms with Crippen LogP contribution in [0.4, 0.5) is 9.18 Å². The molecule has 4 nitrogen and oxygen atoms in total. The normalized spacial score (nSPS) is 15.6. The second kappa shape index (κ2) is 7.75. The van der Waals surface area contributed by atoms with E-state index in [1.807, 2.05) is 12.3 Å². The van der Waals surface area contributed by atoms with Crippen molar-refractivity contribution in [2.75, 3.05) is 0 Å². The highest BCUT2D eigenvalue weighted by molar-refractivity contribution is 7.09. The largest absolute Gasteiger partial charge is 0.329 e. The zero-order valence-corrected chi connectivity index (χ0v) is 14.6. The molecule has 0 radical (unpaired) electrons. The van der Waals surface area contributed by atoms with Gasteiger partial charge in [-0.2, -0.15) is 0 Å². The summed E-state index contributed by atoms with van der Waals surface area (Å²) in [7, 11) is 0. The Morgan fingerprint density at radius 1 is 1.46 bits per heavy atom. The Morgan fingerprint density at radius 3 is 2.83 bits per heavy atom. The van der Waals surface area contributed by atoms with E-state index in [-0.39, 0.29) is 23.9 Å². The third-order valence-corrected chi connectivity index (χ3v) is 5.42. The number of urea groups is 1. The van der Waals surface area contributed by atoms with Crippen LogP contribution in [-0.2, 0) is 6.54 Å². The summed E-state index contributed by atoms with van der Waals surface area (Å²) in [5, 5.41) is 5.89. The van der Waals surface area contributed by atoms with Gasteiger partial charge in [0.25, 0.3) is 0 Å². The van der Waals surface area contributed by atoms with Crippen molar-refractivity contribution in [1.29, 1.82) is 0 Å². The van der Waals surface area contributed by atoms with E-state index < -0.39 is 0 Å². The molecule has 24 heavy (non-hydrogen) atoms. The molecule has 2 amide bonds. The minimum atomic E-state index is -0.262. The molecular formula is C18H22FN3OS. The molecule has 0 bridgehead atoms. The average molecular weight is 347 g/mol. The number of amides is 2. The maximum atomic E-state index is 14.0. The summed E-state index contributed by atoms with van der Waals surface area (Å²) in [6.07, 6.45) is 5.61. The SMILES string of the molecule is CC[C@H](NC(=O)N(Cc1ccccc1F)C1CCC1)c1nccs1. The second-order valence-corrected chi connectivity index (χ2v) is 7.01. The predicted octanol–water partition coefficient (Wildman–Crippen LogP) is 4.50. The van der Waals surface area contributed by atoms with Crippen molar-refractivity contribution in [3.63, 3.8) is 0 Å². The van der Waals surface area contributed by atoms with Crippen LogP contribution in [0.5, 0.6) is 0 Å². The summed E-state index contributed by atoms with van der Waals surface area (Å²) in [5.41, 5.74) is 0.557. The third-order valence-electron chi connectivity index (χ3n) is 4.53. The minimum Gasteiger partial charge on any atom is -0.329 e. The summed E-state index contributed by atoms with van der Waals surface area (Å²) >= 11 is 1.54. The van der Waals surface area contributed by atoms with Gasteiger partial charge in [0.2, 0.25) is 0 Å². The summed E-state index contributed by atoms with van der Waals surface area (Å²) in [5.74, 6) is -0.262. The highest BCUT2D eigenvalue weighted by Crippen LogP contribution is 2.28. The fourth-order valence-corrected chi connectivity index (χ4v) is 3.62. The molecule has 1 fully saturated rings. The molecule has 3 rings (SSSR count). The smallest absolute Gasteiger partial charge is 0.318 e. The highest BCUT2D eigenvalue weighted by Gasteiger charge is 2.30. The molecule has 2 aromatic rings. The molecule has 6 heteroatoms. The van der Waals surface area contributed by atoms with Crippen LogP contribution >= 0.6 is 11.3 Å². The topological polar surface area (TPSA) is 45.2 Å². The van der Waals surface area contributed by atoms with Crippen LogP contribution in [-0.4, -0.2) is 22.0 Å². The Balaban J connectivity index is 1.73. The molecule has 1 aliphatic rings. The molecule has 0 saturated heterocycles. The van der Waals surface area contributed by atoms with Gasteiger partial charge in [-0.3, -0.25) is 0 Å². The number of nitrogens with one attached hydrogen (secondary N) is 1. The molecule has 1 N–H and O–H groups in total. The summed E-state index contributed by atoms with van der Waals surface area (Å²) in [4.78, 5) is 18.9. The van der Waals surface area contributed by atoms with Gasteiger partial charge in [-0.15, -0.1) is 11.3 Å². The third kappa shape index (κ3) is 3.75. The van der Waals surface area contributed by atoms with Gasteiger partial charge in [0.1, 0.15) is 10.8 Å². The standard InChI is InChI=1S/C18H22FN3OS/c1-2-16(17-20-10-11-24-17)21-18(23)22(14-7-5-8-14)12-13-6-3-4-9-15(13)19/h3-4,6,9-11,14,16H,2,5,7-8,12H2,1H3,(H,21,23)/t16-/m0/s1. The van der Waals surface area contributed by atoms with Gasteiger partial charge >= 0.3 is 6.03 Å². The molecule has 1 heterocycles. The molecule has 0 spiro atoms. The zero-order chi connectivity index (χ0) is 16.9. The van der Waals surface area contributed by atoms with Crippen LogP contribution in [0, 0.1) is 5.82 Å². The van der Waals surface area contributed by atoms with Gasteiger partial charge in [0, 0.05) is 23.2 Å². The van der Waals surface area contributed by atoms with E-state index in [4.69, 9.17) is 0 Å². The van der Waals surface area contributed by atoms with Crippen molar-refractivity contribution in [1.82, 2.24) is 15.2 Å². The number of aromatic nitrogens is 1. The van der Waals surface area contributed by atoms with Gasteiger partial charge in [0.05, 0.1) is 12.6 Å². The van der Waals surface area contributed by atoms with Gasteiger partial charge in [0.15, 0.2) is 0 Å². The van der Waals surface area contributed by atoms with Crippen molar-refractivity contribution in [2.45, 2.75) is 51.2 Å². The molecule has 1 aliphatic carbocycles. The monoisotopic (exact) mass is 347 g/mol. The lowest BCUT2D eigenvalue weighted by atomic mass is 9.91. The van der Waals surface area contributed by atoms with Crippen LogP contribution in [0.25, 0.3) is 0 Å². The quantitative estimate of drug-likeness (QED) is 0.836. The Labute approximate surface area is 145 Å². The van der Waals surface area contributed by atoms with Gasteiger partial charge in [-0.1, -0.05) is 25.1 Å². The Morgan fingerprint density at radius 2 is 2.25 bits per heavy atom. The number of carbonyl (C=O) groups is 1. The lowest BCUT2D eigenvalue weighted by molar-refractivity contribution is 0.129. The molecule has 0 aliphatic heterocycles. The van der Waals surface area contributed by atoms with Gasteiger partial charge < -0.3 is 10.2 Å². The lowest BCUT2D eigenvalue weighted by Crippen LogP contribution is -2.49. The number of carbonyl (C=O) groups excluding carboxylic acids is 1. The average Bonchev–Trinajstić information content (AvgIpc) is 3.06. The van der Waals surface area contributed by atoms with Gasteiger partial charge in [-0.25, -0.2) is 14.2 Å². The van der Waals surface area contributed by atoms with E-state index in [0.29, 0.717) is 12.1 Å². The van der Waals surface area contributed by atoms with Crippen molar-refractivity contribution in [2.24, 2.45) is 0 Å². The van der Waals surface area contributed by atoms with Crippen LogP contribution < -0.4 is 5.32 Å². The minimum absolute atomic E-state index is 0.0966. The molecular weight excluding hydrogens is 325 g/mol. The number of benzene rings is 1. The molecule has 1 aromatic heterocycles. The van der Waals surface area contributed by atoms with E-state index >= 15 is 0 Å². The number of nitrogens with zero attached hydrogens (tertiary/aromatic N) is 2. The molecule has 1 saturated carbocycles. The number of hydrogen-bond donors (Lipinski definition) is 1.